The third-order valence-corrected chi connectivity index (χ3v) is 13.0. The van der Waals surface area contributed by atoms with E-state index in [1.807, 2.05) is 13.8 Å². The minimum absolute atomic E-state index is 0.166. The Morgan fingerprint density at radius 3 is 2.18 bits per heavy atom. The number of carbonyl (C=O) groups excluding carboxylic acids is 2. The summed E-state index contributed by atoms with van der Waals surface area (Å²) in [6, 6.07) is 17.4. The number of rotatable bonds is 3. The van der Waals surface area contributed by atoms with E-state index in [0.29, 0.717) is 37.4 Å². The summed E-state index contributed by atoms with van der Waals surface area (Å²) < 4.78 is 0. The summed E-state index contributed by atoms with van der Waals surface area (Å²) >= 11 is 5.67. The van der Waals surface area contributed by atoms with Crippen LogP contribution in [0.2, 0.25) is 0 Å². The standard InChI is InChI=1S/C48H50N4O2S/c1-10-51-44(53)41(45(54)52(11-2)46(51)55)40-32(22-26-38-47(4,5)42-34-15-13-12-14-30(34)20-24-36(42)49(38)8)18-19-33(40)23-27-39-48(6,7)43-35-28-29(3)16-17-31(35)21-25-37(43)50(39)9/h12-17,20-21,23-25,27,29H,10-11,18-19,28H2,1-9H3/b33-23+,38-32?,39-27+. The first-order valence-electron chi connectivity index (χ1n) is 19.7. The topological polar surface area (TPSA) is 47.1 Å². The van der Waals surface area contributed by atoms with Crippen LogP contribution in [0.15, 0.2) is 112 Å². The molecule has 1 unspecified atom stereocenters. The first-order chi connectivity index (χ1) is 26.2. The number of likely N-dealkylation sites (N-methyl/N-ethyl adjacent to an activating group) is 4. The van der Waals surface area contributed by atoms with Crippen LogP contribution in [0.4, 0.5) is 11.4 Å². The van der Waals surface area contributed by atoms with Crippen LogP contribution in [0.5, 0.6) is 0 Å². The van der Waals surface area contributed by atoms with Gasteiger partial charge in [-0.3, -0.25) is 19.4 Å². The molecule has 7 heteroatoms. The molecule has 8 rings (SSSR count). The van der Waals surface area contributed by atoms with Crippen LogP contribution in [-0.2, 0) is 26.8 Å². The van der Waals surface area contributed by atoms with E-state index in [0.717, 1.165) is 29.0 Å². The molecule has 280 valence electrons. The number of carbonyl (C=O) groups is 2. The predicted octanol–water partition coefficient (Wildman–Crippen LogP) is 9.66. The second-order valence-electron chi connectivity index (χ2n) is 16.6. The predicted molar refractivity (Wildman–Crippen MR) is 229 cm³/mol. The van der Waals surface area contributed by atoms with Gasteiger partial charge >= 0.3 is 0 Å². The highest BCUT2D eigenvalue weighted by Crippen LogP contribution is 2.52. The summed E-state index contributed by atoms with van der Waals surface area (Å²) in [5.74, 6) is -0.203. The molecule has 55 heavy (non-hydrogen) atoms. The first-order valence-corrected chi connectivity index (χ1v) is 20.1. The van der Waals surface area contributed by atoms with E-state index >= 15 is 0 Å². The molecule has 2 amide bonds. The third kappa shape index (κ3) is 5.47. The van der Waals surface area contributed by atoms with Gasteiger partial charge in [0.2, 0.25) is 0 Å². The number of fused-ring (bicyclic) bond motifs is 6. The van der Waals surface area contributed by atoms with Crippen molar-refractivity contribution in [3.63, 3.8) is 0 Å². The summed E-state index contributed by atoms with van der Waals surface area (Å²) in [6.45, 7) is 15.9. The van der Waals surface area contributed by atoms with Crippen molar-refractivity contribution in [2.45, 2.75) is 78.6 Å². The average molecular weight is 747 g/mol. The van der Waals surface area contributed by atoms with Gasteiger partial charge in [-0.1, -0.05) is 81.1 Å². The summed E-state index contributed by atoms with van der Waals surface area (Å²) in [5.41, 5.74) is 19.1. The minimum atomic E-state index is -0.353. The van der Waals surface area contributed by atoms with Crippen LogP contribution in [-0.4, -0.2) is 53.9 Å². The molecule has 1 saturated heterocycles. The molecule has 0 radical (unpaired) electrons. The minimum Gasteiger partial charge on any atom is -0.347 e. The number of allylic oxidation sites excluding steroid dienone is 8. The Balaban J connectivity index is 1.31. The fraction of sp³-hybridized carbons (Fsp3) is 0.354. The van der Waals surface area contributed by atoms with Crippen LogP contribution in [0.25, 0.3) is 16.8 Å². The maximum Gasteiger partial charge on any atom is 0.266 e. The van der Waals surface area contributed by atoms with Crippen molar-refractivity contribution in [1.29, 1.82) is 0 Å². The summed E-state index contributed by atoms with van der Waals surface area (Å²) in [5, 5.41) is 2.69. The zero-order chi connectivity index (χ0) is 39.1. The molecule has 1 saturated carbocycles. The van der Waals surface area contributed by atoms with Gasteiger partial charge in [0.05, 0.1) is 5.70 Å². The summed E-state index contributed by atoms with van der Waals surface area (Å²) in [6.07, 6.45) is 11.3. The van der Waals surface area contributed by atoms with E-state index in [-0.39, 0.29) is 33.3 Å². The van der Waals surface area contributed by atoms with Crippen LogP contribution in [0.1, 0.15) is 83.6 Å². The quantitative estimate of drug-likeness (QED) is 0.116. The maximum atomic E-state index is 14.3. The van der Waals surface area contributed by atoms with Gasteiger partial charge in [0.15, 0.2) is 5.11 Å². The van der Waals surface area contributed by atoms with Crippen molar-refractivity contribution in [1.82, 2.24) is 9.80 Å². The first kappa shape index (κ1) is 36.8. The molecule has 3 aliphatic heterocycles. The molecule has 6 nitrogen and oxygen atoms in total. The molecule has 2 fully saturated rings. The molecule has 3 heterocycles. The van der Waals surface area contributed by atoms with Gasteiger partial charge < -0.3 is 9.80 Å². The molecule has 1 atom stereocenters. The molecule has 5 aliphatic rings. The van der Waals surface area contributed by atoms with Gasteiger partial charge in [-0.15, -0.1) is 0 Å². The monoisotopic (exact) mass is 746 g/mol. The maximum absolute atomic E-state index is 14.3. The molecule has 0 bridgehead atoms. The van der Waals surface area contributed by atoms with Crippen LogP contribution in [0.3, 0.4) is 0 Å². The summed E-state index contributed by atoms with van der Waals surface area (Å²) in [4.78, 5) is 36.3. The zero-order valence-electron chi connectivity index (χ0n) is 33.6. The Bertz CT molecular complexity index is 2450. The van der Waals surface area contributed by atoms with Gasteiger partial charge in [0, 0.05) is 66.2 Å². The SMILES string of the molecule is CCN1C(=O)C(=C2C(=C=C=C3N(C)c4ccc5ccccc5c4C3(C)C)CC/C2=C\C=C2\N(C)c3ccc4c(c3C2(C)C)CC(C)C=C4)C(=O)N(CC)C1=S. The molecule has 2 aliphatic carbocycles. The van der Waals surface area contributed by atoms with Crippen molar-refractivity contribution in [2.24, 2.45) is 5.92 Å². The largest absolute Gasteiger partial charge is 0.347 e. The van der Waals surface area contributed by atoms with E-state index in [4.69, 9.17) is 12.2 Å². The Morgan fingerprint density at radius 2 is 1.47 bits per heavy atom. The van der Waals surface area contributed by atoms with Gasteiger partial charge in [0.1, 0.15) is 5.57 Å². The zero-order valence-corrected chi connectivity index (χ0v) is 34.4. The molecule has 3 aromatic rings. The normalized spacial score (nSPS) is 22.7. The molecule has 3 aromatic carbocycles. The van der Waals surface area contributed by atoms with Crippen molar-refractivity contribution in [2.75, 3.05) is 37.0 Å². The summed E-state index contributed by atoms with van der Waals surface area (Å²) in [7, 11) is 4.23. The molecular weight excluding hydrogens is 697 g/mol. The smallest absolute Gasteiger partial charge is 0.266 e. The highest BCUT2D eigenvalue weighted by Gasteiger charge is 2.44. The lowest BCUT2D eigenvalue weighted by Crippen LogP contribution is -2.56. The highest BCUT2D eigenvalue weighted by molar-refractivity contribution is 7.80. The van der Waals surface area contributed by atoms with E-state index in [9.17, 15) is 9.59 Å². The molecule has 0 N–H and O–H groups in total. The number of hydrogen-bond donors (Lipinski definition) is 0. The van der Waals surface area contributed by atoms with Gasteiger partial charge in [-0.05, 0) is 128 Å². The fourth-order valence-electron chi connectivity index (χ4n) is 9.83. The Morgan fingerprint density at radius 1 is 0.800 bits per heavy atom. The number of amides is 2. The van der Waals surface area contributed by atoms with Gasteiger partial charge in [-0.2, -0.15) is 0 Å². The molecular formula is C48H50N4O2S. The number of hydrogen-bond acceptors (Lipinski definition) is 5. The number of benzene rings is 3. The van der Waals surface area contributed by atoms with E-state index in [1.54, 1.807) is 9.80 Å². The lowest BCUT2D eigenvalue weighted by molar-refractivity contribution is -0.133. The van der Waals surface area contributed by atoms with Crippen molar-refractivity contribution in [3.05, 3.63) is 134 Å². The second kappa shape index (κ2) is 13.2. The van der Waals surface area contributed by atoms with Gasteiger partial charge in [0.25, 0.3) is 11.8 Å². The van der Waals surface area contributed by atoms with Crippen LogP contribution >= 0.6 is 12.2 Å². The van der Waals surface area contributed by atoms with Crippen molar-refractivity contribution < 1.29 is 9.59 Å². The second-order valence-corrected chi connectivity index (χ2v) is 16.9. The van der Waals surface area contributed by atoms with Crippen molar-refractivity contribution in [3.8, 4) is 0 Å². The highest BCUT2D eigenvalue weighted by atomic mass is 32.1. The lowest BCUT2D eigenvalue weighted by Gasteiger charge is -2.36. The fourth-order valence-corrected chi connectivity index (χ4v) is 10.3. The van der Waals surface area contributed by atoms with E-state index in [1.165, 1.54) is 44.4 Å². The van der Waals surface area contributed by atoms with E-state index < -0.39 is 0 Å². The Hall–Kier alpha value is -5.19. The van der Waals surface area contributed by atoms with Gasteiger partial charge in [-0.25, -0.2) is 0 Å². The number of thiocarbonyl (C=S) groups is 1. The Kier molecular flexibility index (Phi) is 8.85. The van der Waals surface area contributed by atoms with Crippen LogP contribution < -0.4 is 9.80 Å². The van der Waals surface area contributed by atoms with Crippen molar-refractivity contribution >= 4 is 57.4 Å². The van der Waals surface area contributed by atoms with Crippen LogP contribution in [0, 0.1) is 5.92 Å². The Labute approximate surface area is 331 Å². The average Bonchev–Trinajstić information content (AvgIpc) is 3.70. The third-order valence-electron chi connectivity index (χ3n) is 12.6. The number of nitrogens with zero attached hydrogens (tertiary/aromatic N) is 4. The molecule has 0 spiro atoms. The lowest BCUT2D eigenvalue weighted by atomic mass is 9.76. The molecule has 0 aromatic heterocycles. The van der Waals surface area contributed by atoms with E-state index in [2.05, 4.69) is 143 Å². The number of anilines is 2.